The van der Waals surface area contributed by atoms with Gasteiger partial charge in [-0.15, -0.1) is 11.8 Å². The van der Waals surface area contributed by atoms with E-state index in [1.165, 1.54) is 0 Å². The van der Waals surface area contributed by atoms with E-state index in [2.05, 4.69) is 0 Å². The number of carbonyl (C=O) groups is 1. The molecule has 1 unspecified atom stereocenters. The highest BCUT2D eigenvalue weighted by atomic mass is 35.5. The van der Waals surface area contributed by atoms with Crippen LogP contribution in [-0.2, 0) is 9.53 Å². The van der Waals surface area contributed by atoms with Crippen LogP contribution < -0.4 is 0 Å². The molecular weight excluding hydrogens is 244 g/mol. The number of hydrogen-bond acceptors (Lipinski definition) is 3. The number of thioether (sulfide) groups is 1. The second kappa shape index (κ2) is 5.71. The number of Topliss-reactive ketones (excluding diaryl/α,β-unsaturated/α-hetero) is 1. The monoisotopic (exact) mass is 256 g/mol. The first-order valence-corrected chi connectivity index (χ1v) is 6.61. The van der Waals surface area contributed by atoms with Gasteiger partial charge in [-0.3, -0.25) is 4.79 Å². The van der Waals surface area contributed by atoms with Crippen LogP contribution in [0.15, 0.2) is 29.2 Å². The summed E-state index contributed by atoms with van der Waals surface area (Å²) in [6, 6.07) is 7.55. The van der Waals surface area contributed by atoms with Gasteiger partial charge in [0.15, 0.2) is 0 Å². The quantitative estimate of drug-likeness (QED) is 0.775. The minimum absolute atomic E-state index is 0.111. The van der Waals surface area contributed by atoms with E-state index in [1.807, 2.05) is 24.3 Å². The molecule has 0 spiro atoms. The van der Waals surface area contributed by atoms with Gasteiger partial charge in [-0.25, -0.2) is 0 Å². The highest BCUT2D eigenvalue weighted by Gasteiger charge is 2.22. The van der Waals surface area contributed by atoms with Crippen LogP contribution in [0.5, 0.6) is 0 Å². The van der Waals surface area contributed by atoms with E-state index in [4.69, 9.17) is 16.3 Å². The zero-order valence-electron chi connectivity index (χ0n) is 8.82. The van der Waals surface area contributed by atoms with Crippen LogP contribution in [0.4, 0.5) is 0 Å². The molecule has 1 saturated heterocycles. The number of carbonyl (C=O) groups excluding carboxylic acids is 1. The molecule has 2 nitrogen and oxygen atoms in total. The van der Waals surface area contributed by atoms with E-state index in [0.717, 1.165) is 22.9 Å². The van der Waals surface area contributed by atoms with Gasteiger partial charge in [0.25, 0.3) is 0 Å². The third-order valence-corrected chi connectivity index (χ3v) is 3.87. The molecule has 1 aliphatic rings. The molecule has 0 bridgehead atoms. The van der Waals surface area contributed by atoms with Crippen LogP contribution in [0.3, 0.4) is 0 Å². The van der Waals surface area contributed by atoms with Crippen molar-refractivity contribution < 1.29 is 9.53 Å². The van der Waals surface area contributed by atoms with Gasteiger partial charge in [0, 0.05) is 22.4 Å². The molecule has 0 N–H and O–H groups in total. The van der Waals surface area contributed by atoms with E-state index >= 15 is 0 Å². The second-order valence-electron chi connectivity index (χ2n) is 3.77. The summed E-state index contributed by atoms with van der Waals surface area (Å²) in [4.78, 5) is 12.8. The Hall–Kier alpha value is -0.510. The molecule has 0 aromatic heterocycles. The van der Waals surface area contributed by atoms with Crippen molar-refractivity contribution in [3.05, 3.63) is 29.3 Å². The lowest BCUT2D eigenvalue weighted by Gasteiger charge is -2.06. The lowest BCUT2D eigenvalue weighted by Crippen LogP contribution is -2.16. The van der Waals surface area contributed by atoms with Gasteiger partial charge in [-0.2, -0.15) is 0 Å². The summed E-state index contributed by atoms with van der Waals surface area (Å²) in [7, 11) is 0. The van der Waals surface area contributed by atoms with Crippen molar-refractivity contribution in [2.75, 3.05) is 19.0 Å². The number of ketones is 1. The highest BCUT2D eigenvalue weighted by molar-refractivity contribution is 8.00. The Morgan fingerprint density at radius 2 is 2.19 bits per heavy atom. The summed E-state index contributed by atoms with van der Waals surface area (Å²) in [6.45, 7) is 1.32. The van der Waals surface area contributed by atoms with Crippen molar-refractivity contribution in [1.29, 1.82) is 0 Å². The Bertz CT molecular complexity index is 358. The SMILES string of the molecule is O=C(CSc1ccc(Cl)cc1)C1CCOC1. The first kappa shape index (κ1) is 12.0. The second-order valence-corrected chi connectivity index (χ2v) is 5.25. The van der Waals surface area contributed by atoms with Crippen LogP contribution in [0.25, 0.3) is 0 Å². The number of benzene rings is 1. The molecule has 1 aromatic rings. The Labute approximate surface area is 104 Å². The summed E-state index contributed by atoms with van der Waals surface area (Å²) in [5, 5.41) is 0.722. The zero-order chi connectivity index (χ0) is 11.4. The van der Waals surface area contributed by atoms with Gasteiger partial charge in [0.2, 0.25) is 0 Å². The summed E-state index contributed by atoms with van der Waals surface area (Å²) in [6.07, 6.45) is 0.875. The van der Waals surface area contributed by atoms with Crippen molar-refractivity contribution in [3.8, 4) is 0 Å². The number of hydrogen-bond donors (Lipinski definition) is 0. The van der Waals surface area contributed by atoms with Gasteiger partial charge in [-0.1, -0.05) is 11.6 Å². The number of halogens is 1. The molecule has 0 aliphatic carbocycles. The topological polar surface area (TPSA) is 26.3 Å². The van der Waals surface area contributed by atoms with E-state index in [-0.39, 0.29) is 11.7 Å². The van der Waals surface area contributed by atoms with Crippen molar-refractivity contribution in [3.63, 3.8) is 0 Å². The third-order valence-electron chi connectivity index (χ3n) is 2.58. The number of ether oxygens (including phenoxy) is 1. The van der Waals surface area contributed by atoms with Crippen LogP contribution >= 0.6 is 23.4 Å². The van der Waals surface area contributed by atoms with Gasteiger partial charge in [0.05, 0.1) is 12.4 Å². The van der Waals surface area contributed by atoms with Crippen molar-refractivity contribution in [2.45, 2.75) is 11.3 Å². The molecule has 1 aliphatic heterocycles. The average Bonchev–Trinajstić information content (AvgIpc) is 2.81. The first-order valence-electron chi connectivity index (χ1n) is 5.24. The Balaban J connectivity index is 1.82. The lowest BCUT2D eigenvalue weighted by molar-refractivity contribution is -0.120. The molecule has 4 heteroatoms. The molecular formula is C12H13ClO2S. The summed E-state index contributed by atoms with van der Waals surface area (Å²) in [5.74, 6) is 0.924. The lowest BCUT2D eigenvalue weighted by atomic mass is 10.1. The fourth-order valence-electron chi connectivity index (χ4n) is 1.59. The number of rotatable bonds is 4. The van der Waals surface area contributed by atoms with Crippen LogP contribution in [0, 0.1) is 5.92 Å². The van der Waals surface area contributed by atoms with Gasteiger partial charge in [0.1, 0.15) is 5.78 Å². The van der Waals surface area contributed by atoms with Gasteiger partial charge < -0.3 is 4.74 Å². The first-order chi connectivity index (χ1) is 7.75. The van der Waals surface area contributed by atoms with Crippen LogP contribution in [0.2, 0.25) is 5.02 Å². The normalized spacial score (nSPS) is 19.9. The van der Waals surface area contributed by atoms with Gasteiger partial charge in [-0.05, 0) is 30.7 Å². The minimum atomic E-state index is 0.111. The fraction of sp³-hybridized carbons (Fsp3) is 0.417. The van der Waals surface area contributed by atoms with Crippen molar-refractivity contribution >= 4 is 29.1 Å². The highest BCUT2D eigenvalue weighted by Crippen LogP contribution is 2.23. The predicted octanol–water partition coefficient (Wildman–Crippen LogP) is 3.04. The average molecular weight is 257 g/mol. The molecule has 0 amide bonds. The third kappa shape index (κ3) is 3.24. The molecule has 1 heterocycles. The van der Waals surface area contributed by atoms with E-state index < -0.39 is 0 Å². The summed E-state index contributed by atoms with van der Waals surface area (Å²) < 4.78 is 5.20. The zero-order valence-corrected chi connectivity index (χ0v) is 10.4. The summed E-state index contributed by atoms with van der Waals surface area (Å²) in [5.41, 5.74) is 0. The van der Waals surface area contributed by atoms with E-state index in [9.17, 15) is 4.79 Å². The molecule has 0 saturated carbocycles. The molecule has 0 radical (unpaired) electrons. The molecule has 1 atom stereocenters. The summed E-state index contributed by atoms with van der Waals surface area (Å²) >= 11 is 7.35. The Morgan fingerprint density at radius 1 is 1.44 bits per heavy atom. The molecule has 2 rings (SSSR count). The van der Waals surface area contributed by atoms with E-state index in [1.54, 1.807) is 11.8 Å². The van der Waals surface area contributed by atoms with Crippen LogP contribution in [0.1, 0.15) is 6.42 Å². The fourth-order valence-corrected chi connectivity index (χ4v) is 2.59. The molecule has 86 valence electrons. The molecule has 1 aromatic carbocycles. The standard InChI is InChI=1S/C12H13ClO2S/c13-10-1-3-11(4-2-10)16-8-12(14)9-5-6-15-7-9/h1-4,9H,5-8H2. The van der Waals surface area contributed by atoms with Crippen molar-refractivity contribution in [2.24, 2.45) is 5.92 Å². The minimum Gasteiger partial charge on any atom is -0.381 e. The maximum Gasteiger partial charge on any atom is 0.148 e. The smallest absolute Gasteiger partial charge is 0.148 e. The maximum absolute atomic E-state index is 11.8. The maximum atomic E-state index is 11.8. The Kier molecular flexibility index (Phi) is 4.27. The van der Waals surface area contributed by atoms with Crippen LogP contribution in [-0.4, -0.2) is 24.7 Å². The van der Waals surface area contributed by atoms with E-state index in [0.29, 0.717) is 12.4 Å². The largest absolute Gasteiger partial charge is 0.381 e. The van der Waals surface area contributed by atoms with Gasteiger partial charge >= 0.3 is 0 Å². The molecule has 1 fully saturated rings. The predicted molar refractivity (Wildman–Crippen MR) is 66.1 cm³/mol. The van der Waals surface area contributed by atoms with Crippen molar-refractivity contribution in [1.82, 2.24) is 0 Å². The molecule has 16 heavy (non-hydrogen) atoms. The Morgan fingerprint density at radius 3 is 2.81 bits per heavy atom.